The molecule has 1 rings (SSSR count). The van der Waals surface area contributed by atoms with Gasteiger partial charge in [0.05, 0.1) is 13.2 Å². The molecule has 1 saturated heterocycles. The molecule has 1 N–H and O–H groups in total. The van der Waals surface area contributed by atoms with Crippen LogP contribution >= 0.6 is 0 Å². The first-order valence-electron chi connectivity index (χ1n) is 9.82. The van der Waals surface area contributed by atoms with Crippen molar-refractivity contribution in [1.29, 1.82) is 0 Å². The molecule has 0 aromatic heterocycles. The van der Waals surface area contributed by atoms with Crippen LogP contribution in [-0.4, -0.2) is 66.4 Å². The van der Waals surface area contributed by atoms with E-state index in [0.717, 1.165) is 0 Å². The van der Waals surface area contributed by atoms with E-state index >= 15 is 0 Å². The molecule has 28 heavy (non-hydrogen) atoms. The molecule has 0 radical (unpaired) electrons. The molecule has 0 aliphatic carbocycles. The molecule has 0 bridgehead atoms. The van der Waals surface area contributed by atoms with Crippen LogP contribution in [0.1, 0.15) is 61.8 Å². The third kappa shape index (κ3) is 6.96. The SMILES string of the molecule is CCOC(=O)C1CC(NC(=O)OC(C)(C)C)(C(=O)OCC)CN1CC(C)(C)C. The number of nitrogens with one attached hydrogen (secondary N) is 1. The second-order valence-electron chi connectivity index (χ2n) is 9.37. The first kappa shape index (κ1) is 24.2. The number of carbonyl (C=O) groups excluding carboxylic acids is 3. The average Bonchev–Trinajstić information content (AvgIpc) is 2.83. The maximum atomic E-state index is 12.8. The van der Waals surface area contributed by atoms with Crippen LogP contribution in [0.25, 0.3) is 0 Å². The summed E-state index contributed by atoms with van der Waals surface area (Å²) < 4.78 is 15.8. The number of nitrogens with zero attached hydrogens (tertiary/aromatic N) is 1. The zero-order valence-electron chi connectivity index (χ0n) is 18.5. The van der Waals surface area contributed by atoms with Crippen LogP contribution in [0, 0.1) is 5.41 Å². The second-order valence-corrected chi connectivity index (χ2v) is 9.37. The number of hydrogen-bond donors (Lipinski definition) is 1. The molecule has 2 atom stereocenters. The van der Waals surface area contributed by atoms with Gasteiger partial charge >= 0.3 is 18.0 Å². The fraction of sp³-hybridized carbons (Fsp3) is 0.850. The zero-order chi connectivity index (χ0) is 21.8. The summed E-state index contributed by atoms with van der Waals surface area (Å²) >= 11 is 0. The van der Waals surface area contributed by atoms with Crippen molar-refractivity contribution in [2.24, 2.45) is 5.41 Å². The number of hydrogen-bond acceptors (Lipinski definition) is 7. The summed E-state index contributed by atoms with van der Waals surface area (Å²) in [7, 11) is 0. The fourth-order valence-electron chi connectivity index (χ4n) is 3.28. The molecule has 0 saturated carbocycles. The lowest BCUT2D eigenvalue weighted by Gasteiger charge is -2.31. The monoisotopic (exact) mass is 400 g/mol. The molecule has 0 aromatic rings. The van der Waals surface area contributed by atoms with Gasteiger partial charge in [0.15, 0.2) is 5.54 Å². The Morgan fingerprint density at radius 3 is 2.07 bits per heavy atom. The van der Waals surface area contributed by atoms with Crippen molar-refractivity contribution in [3.63, 3.8) is 0 Å². The van der Waals surface area contributed by atoms with Crippen LogP contribution in [0.3, 0.4) is 0 Å². The van der Waals surface area contributed by atoms with Gasteiger partial charge in [-0.3, -0.25) is 9.69 Å². The van der Waals surface area contributed by atoms with E-state index in [1.165, 1.54) is 0 Å². The first-order valence-corrected chi connectivity index (χ1v) is 9.82. The molecular weight excluding hydrogens is 364 g/mol. The molecule has 8 nitrogen and oxygen atoms in total. The first-order chi connectivity index (χ1) is 12.7. The van der Waals surface area contributed by atoms with Crippen molar-refractivity contribution in [3.8, 4) is 0 Å². The number of carbonyl (C=O) groups is 3. The molecule has 162 valence electrons. The Labute approximate surface area is 168 Å². The van der Waals surface area contributed by atoms with Crippen LogP contribution < -0.4 is 5.32 Å². The predicted octanol–water partition coefficient (Wildman–Crippen LogP) is 2.50. The Balaban J connectivity index is 3.21. The Morgan fingerprint density at radius 1 is 1.04 bits per heavy atom. The zero-order valence-corrected chi connectivity index (χ0v) is 18.5. The van der Waals surface area contributed by atoms with E-state index in [1.54, 1.807) is 34.6 Å². The summed E-state index contributed by atoms with van der Waals surface area (Å²) in [5, 5.41) is 2.69. The minimum absolute atomic E-state index is 0.0694. The van der Waals surface area contributed by atoms with Crippen molar-refractivity contribution in [3.05, 3.63) is 0 Å². The van der Waals surface area contributed by atoms with Gasteiger partial charge in [-0.15, -0.1) is 0 Å². The highest BCUT2D eigenvalue weighted by atomic mass is 16.6. The molecule has 1 fully saturated rings. The molecule has 2 unspecified atom stereocenters. The highest BCUT2D eigenvalue weighted by Crippen LogP contribution is 2.32. The highest BCUT2D eigenvalue weighted by molar-refractivity contribution is 5.89. The third-order valence-corrected chi connectivity index (χ3v) is 4.10. The third-order valence-electron chi connectivity index (χ3n) is 4.10. The largest absolute Gasteiger partial charge is 0.465 e. The van der Waals surface area contributed by atoms with E-state index in [9.17, 15) is 14.4 Å². The summed E-state index contributed by atoms with van der Waals surface area (Å²) in [6.07, 6.45) is -0.652. The van der Waals surface area contributed by atoms with Crippen LogP contribution in [0.5, 0.6) is 0 Å². The van der Waals surface area contributed by atoms with Crippen molar-refractivity contribution in [1.82, 2.24) is 10.2 Å². The van der Waals surface area contributed by atoms with Gasteiger partial charge in [0.2, 0.25) is 0 Å². The quantitative estimate of drug-likeness (QED) is 0.541. The topological polar surface area (TPSA) is 94.2 Å². The number of rotatable bonds is 6. The summed E-state index contributed by atoms with van der Waals surface area (Å²) in [5.74, 6) is -0.990. The van der Waals surface area contributed by atoms with E-state index in [2.05, 4.69) is 5.32 Å². The molecule has 1 aliphatic heterocycles. The minimum atomic E-state index is -1.37. The Morgan fingerprint density at radius 2 is 1.61 bits per heavy atom. The van der Waals surface area contributed by atoms with Gasteiger partial charge in [-0.1, -0.05) is 20.8 Å². The van der Waals surface area contributed by atoms with E-state index in [4.69, 9.17) is 14.2 Å². The second kappa shape index (κ2) is 9.11. The van der Waals surface area contributed by atoms with Crippen molar-refractivity contribution >= 4 is 18.0 Å². The van der Waals surface area contributed by atoms with Gasteiger partial charge in [-0.2, -0.15) is 0 Å². The maximum absolute atomic E-state index is 12.8. The van der Waals surface area contributed by atoms with Crippen LogP contribution in [0.2, 0.25) is 0 Å². The fourth-order valence-corrected chi connectivity index (χ4v) is 3.28. The Kier molecular flexibility index (Phi) is 7.88. The van der Waals surface area contributed by atoms with Gasteiger partial charge in [-0.25, -0.2) is 9.59 Å². The summed E-state index contributed by atoms with van der Waals surface area (Å²) in [6, 6.07) is -0.654. The summed E-state index contributed by atoms with van der Waals surface area (Å²) in [5.41, 5.74) is -2.22. The van der Waals surface area contributed by atoms with Gasteiger partial charge in [0.25, 0.3) is 0 Å². The number of ether oxygens (including phenoxy) is 3. The summed E-state index contributed by atoms with van der Waals surface area (Å²) in [6.45, 7) is 15.9. The molecule has 1 aliphatic rings. The Hall–Kier alpha value is -1.83. The molecule has 1 amide bonds. The van der Waals surface area contributed by atoms with Gasteiger partial charge in [0, 0.05) is 19.5 Å². The number of esters is 2. The lowest BCUT2D eigenvalue weighted by molar-refractivity contribution is -0.150. The van der Waals surface area contributed by atoms with E-state index in [1.807, 2.05) is 25.7 Å². The standard InChI is InChI=1S/C20H36N2O6/c1-9-26-15(23)14-11-20(16(24)27-10-2,13-22(14)12-18(3,4)5)21-17(25)28-19(6,7)8/h14H,9-13H2,1-8H3,(H,21,25). The van der Waals surface area contributed by atoms with Crippen LogP contribution in [0.4, 0.5) is 4.79 Å². The Bertz CT molecular complexity index is 578. The van der Waals surface area contributed by atoms with Crippen molar-refractivity contribution < 1.29 is 28.6 Å². The smallest absolute Gasteiger partial charge is 0.408 e. The average molecular weight is 401 g/mol. The molecule has 1 heterocycles. The lowest BCUT2D eigenvalue weighted by Crippen LogP contribution is -2.58. The molecule has 0 spiro atoms. The molecular formula is C20H36N2O6. The number of alkyl carbamates (subject to hydrolysis) is 1. The van der Waals surface area contributed by atoms with Crippen molar-refractivity contribution in [2.75, 3.05) is 26.3 Å². The van der Waals surface area contributed by atoms with Gasteiger partial charge in [-0.05, 0) is 40.0 Å². The number of likely N-dealkylation sites (tertiary alicyclic amines) is 1. The molecule has 0 aromatic carbocycles. The van der Waals surface area contributed by atoms with E-state index < -0.39 is 35.2 Å². The van der Waals surface area contributed by atoms with Gasteiger partial charge in [0.1, 0.15) is 11.6 Å². The van der Waals surface area contributed by atoms with E-state index in [0.29, 0.717) is 6.54 Å². The van der Waals surface area contributed by atoms with Crippen LogP contribution in [0.15, 0.2) is 0 Å². The molecule has 8 heteroatoms. The number of amides is 1. The van der Waals surface area contributed by atoms with E-state index in [-0.39, 0.29) is 31.6 Å². The maximum Gasteiger partial charge on any atom is 0.408 e. The van der Waals surface area contributed by atoms with Gasteiger partial charge < -0.3 is 19.5 Å². The normalized spacial score (nSPS) is 23.2. The predicted molar refractivity (Wildman–Crippen MR) is 105 cm³/mol. The summed E-state index contributed by atoms with van der Waals surface area (Å²) in [4.78, 5) is 39.7. The van der Waals surface area contributed by atoms with Crippen LogP contribution in [-0.2, 0) is 23.8 Å². The van der Waals surface area contributed by atoms with Crippen molar-refractivity contribution in [2.45, 2.75) is 79.0 Å². The highest BCUT2D eigenvalue weighted by Gasteiger charge is 2.55. The minimum Gasteiger partial charge on any atom is -0.465 e. The lowest BCUT2D eigenvalue weighted by atomic mass is 9.96.